The summed E-state index contributed by atoms with van der Waals surface area (Å²) in [6, 6.07) is 18.2. The van der Waals surface area contributed by atoms with Crippen molar-refractivity contribution in [2.24, 2.45) is 0 Å². The third-order valence-electron chi connectivity index (χ3n) is 7.17. The number of amides is 2. The second kappa shape index (κ2) is 8.31. The summed E-state index contributed by atoms with van der Waals surface area (Å²) in [6.07, 6.45) is 2.40. The van der Waals surface area contributed by atoms with Crippen molar-refractivity contribution in [2.45, 2.75) is 25.7 Å². The van der Waals surface area contributed by atoms with Crippen LogP contribution in [-0.4, -0.2) is 36.3 Å². The summed E-state index contributed by atoms with van der Waals surface area (Å²) in [6.45, 7) is 0.333. The highest BCUT2D eigenvalue weighted by molar-refractivity contribution is 9.10. The molecular formula is C29H22BrNO4. The highest BCUT2D eigenvalue weighted by Gasteiger charge is 2.33. The molecule has 5 aromatic carbocycles. The number of unbranched alkanes of at least 4 members (excludes halogenated alkanes) is 2. The van der Waals surface area contributed by atoms with Gasteiger partial charge in [0.25, 0.3) is 11.8 Å². The van der Waals surface area contributed by atoms with Crippen LogP contribution in [0.1, 0.15) is 46.4 Å². The van der Waals surface area contributed by atoms with E-state index in [1.54, 1.807) is 0 Å². The van der Waals surface area contributed by atoms with Gasteiger partial charge in [-0.1, -0.05) is 58.7 Å². The number of halogens is 1. The van der Waals surface area contributed by atoms with Gasteiger partial charge in [0.15, 0.2) is 0 Å². The van der Waals surface area contributed by atoms with E-state index in [9.17, 15) is 14.4 Å². The van der Waals surface area contributed by atoms with Crippen LogP contribution in [0.4, 0.5) is 0 Å². The fraction of sp³-hybridized carbons (Fsp3) is 0.207. The molecule has 1 heterocycles. The van der Waals surface area contributed by atoms with Crippen LogP contribution in [0, 0.1) is 0 Å². The number of esters is 1. The van der Waals surface area contributed by atoms with E-state index in [0.717, 1.165) is 48.6 Å². The largest absolute Gasteiger partial charge is 0.469 e. The van der Waals surface area contributed by atoms with Gasteiger partial charge < -0.3 is 4.74 Å². The SMILES string of the molecule is COC(=O)CCCCCN1C(=O)c2ccc3c4cccc5c(Br)ccc(c6ccc(c2c36)C1=O)c54. The lowest BCUT2D eigenvalue weighted by atomic mass is 9.85. The number of methoxy groups -OCH3 is 1. The van der Waals surface area contributed by atoms with E-state index in [2.05, 4.69) is 44.9 Å². The molecular weight excluding hydrogens is 506 g/mol. The third kappa shape index (κ3) is 3.23. The number of imide groups is 1. The summed E-state index contributed by atoms with van der Waals surface area (Å²) in [5, 5.41) is 8.38. The molecule has 0 aliphatic carbocycles. The Labute approximate surface area is 210 Å². The standard InChI is InChI=1S/C29H22BrNO4/c1-35-24(32)8-3-2-4-15-31-28(33)21-11-9-18-16-6-5-7-20-23(30)14-13-17(25(16)20)19-10-12-22(29(31)34)27(21)26(18)19/h5-7,9-14H,2-4,8,15H2,1H3. The Balaban J connectivity index is 1.46. The molecule has 0 radical (unpaired) electrons. The van der Waals surface area contributed by atoms with Crippen LogP contribution in [0.15, 0.2) is 59.1 Å². The van der Waals surface area contributed by atoms with Gasteiger partial charge in [-0.3, -0.25) is 19.3 Å². The smallest absolute Gasteiger partial charge is 0.305 e. The van der Waals surface area contributed by atoms with E-state index >= 15 is 0 Å². The van der Waals surface area contributed by atoms with Crippen molar-refractivity contribution in [3.63, 3.8) is 0 Å². The predicted molar refractivity (Wildman–Crippen MR) is 141 cm³/mol. The van der Waals surface area contributed by atoms with Crippen LogP contribution < -0.4 is 0 Å². The van der Waals surface area contributed by atoms with Gasteiger partial charge in [-0.15, -0.1) is 0 Å². The van der Waals surface area contributed by atoms with Crippen molar-refractivity contribution >= 4 is 76.8 Å². The number of ether oxygens (including phenoxy) is 1. The maximum Gasteiger partial charge on any atom is 0.305 e. The molecule has 35 heavy (non-hydrogen) atoms. The van der Waals surface area contributed by atoms with Crippen LogP contribution in [0.5, 0.6) is 0 Å². The molecule has 0 N–H and O–H groups in total. The van der Waals surface area contributed by atoms with Crippen LogP contribution in [0.2, 0.25) is 0 Å². The number of nitrogens with zero attached hydrogens (tertiary/aromatic N) is 1. The number of rotatable bonds is 6. The van der Waals surface area contributed by atoms with Crippen molar-refractivity contribution in [1.29, 1.82) is 0 Å². The van der Waals surface area contributed by atoms with Gasteiger partial charge in [-0.05, 0) is 68.7 Å². The molecule has 6 heteroatoms. The van der Waals surface area contributed by atoms with E-state index in [1.165, 1.54) is 17.4 Å². The topological polar surface area (TPSA) is 63.7 Å². The van der Waals surface area contributed by atoms with Crippen LogP contribution in [0.3, 0.4) is 0 Å². The first-order valence-corrected chi connectivity index (χ1v) is 12.5. The van der Waals surface area contributed by atoms with E-state index in [4.69, 9.17) is 0 Å². The van der Waals surface area contributed by atoms with Gasteiger partial charge in [0.2, 0.25) is 0 Å². The average Bonchev–Trinajstić information content (AvgIpc) is 2.88. The predicted octanol–water partition coefficient (Wildman–Crippen LogP) is 6.83. The zero-order chi connectivity index (χ0) is 24.3. The molecule has 0 aromatic heterocycles. The maximum atomic E-state index is 13.5. The molecule has 5 aromatic rings. The Hall–Kier alpha value is -3.51. The van der Waals surface area contributed by atoms with Crippen molar-refractivity contribution in [3.05, 3.63) is 70.2 Å². The summed E-state index contributed by atoms with van der Waals surface area (Å²) in [5.74, 6) is -0.744. The molecule has 0 atom stereocenters. The molecule has 0 fully saturated rings. The van der Waals surface area contributed by atoms with Crippen LogP contribution in [0.25, 0.3) is 43.1 Å². The molecule has 1 aliphatic heterocycles. The van der Waals surface area contributed by atoms with Gasteiger partial charge in [-0.2, -0.15) is 0 Å². The van der Waals surface area contributed by atoms with E-state index < -0.39 is 0 Å². The fourth-order valence-electron chi connectivity index (χ4n) is 5.53. The minimum absolute atomic E-state index is 0.242. The first-order chi connectivity index (χ1) is 17.0. The second-order valence-electron chi connectivity index (χ2n) is 9.04. The number of hydrogen-bond acceptors (Lipinski definition) is 4. The third-order valence-corrected chi connectivity index (χ3v) is 7.86. The lowest BCUT2D eigenvalue weighted by Crippen LogP contribution is -2.40. The van der Waals surface area contributed by atoms with Crippen LogP contribution >= 0.6 is 15.9 Å². The van der Waals surface area contributed by atoms with E-state index in [0.29, 0.717) is 36.9 Å². The van der Waals surface area contributed by atoms with Crippen molar-refractivity contribution in [2.75, 3.05) is 13.7 Å². The molecule has 6 rings (SSSR count). The van der Waals surface area contributed by atoms with Gasteiger partial charge in [0.1, 0.15) is 0 Å². The quantitative estimate of drug-likeness (QED) is 0.0797. The molecule has 2 amide bonds. The van der Waals surface area contributed by atoms with Gasteiger partial charge >= 0.3 is 5.97 Å². The average molecular weight is 528 g/mol. The molecule has 174 valence electrons. The van der Waals surface area contributed by atoms with E-state index in [1.807, 2.05) is 30.3 Å². The van der Waals surface area contributed by atoms with Gasteiger partial charge in [-0.25, -0.2) is 0 Å². The Morgan fingerprint density at radius 1 is 0.743 bits per heavy atom. The number of benzene rings is 5. The van der Waals surface area contributed by atoms with Crippen molar-refractivity contribution in [1.82, 2.24) is 4.90 Å². The van der Waals surface area contributed by atoms with Crippen molar-refractivity contribution < 1.29 is 19.1 Å². The number of fused-ring (bicyclic) bond motifs is 2. The number of carbonyl (C=O) groups is 3. The minimum Gasteiger partial charge on any atom is -0.469 e. The van der Waals surface area contributed by atoms with Crippen LogP contribution in [-0.2, 0) is 9.53 Å². The fourth-order valence-corrected chi connectivity index (χ4v) is 5.99. The Morgan fingerprint density at radius 2 is 1.34 bits per heavy atom. The summed E-state index contributed by atoms with van der Waals surface area (Å²) < 4.78 is 5.71. The highest BCUT2D eigenvalue weighted by atomic mass is 79.9. The molecule has 0 saturated carbocycles. The molecule has 0 unspecified atom stereocenters. The maximum absolute atomic E-state index is 13.5. The zero-order valence-electron chi connectivity index (χ0n) is 19.2. The van der Waals surface area contributed by atoms with Crippen molar-refractivity contribution in [3.8, 4) is 0 Å². The number of hydrogen-bond donors (Lipinski definition) is 0. The summed E-state index contributed by atoms with van der Waals surface area (Å²) in [5.41, 5.74) is 1.14. The normalized spacial score (nSPS) is 13.6. The highest BCUT2D eigenvalue weighted by Crippen LogP contribution is 2.44. The Morgan fingerprint density at radius 3 is 2.03 bits per heavy atom. The Kier molecular flexibility index (Phi) is 5.22. The zero-order valence-corrected chi connectivity index (χ0v) is 20.8. The molecule has 1 aliphatic rings. The number of carbonyl (C=O) groups excluding carboxylic acids is 3. The minimum atomic E-state index is -0.251. The van der Waals surface area contributed by atoms with Gasteiger partial charge in [0.05, 0.1) is 7.11 Å². The molecule has 0 bridgehead atoms. The van der Waals surface area contributed by atoms with E-state index in [-0.39, 0.29) is 17.8 Å². The Bertz CT molecular complexity index is 1620. The monoisotopic (exact) mass is 527 g/mol. The summed E-state index contributed by atoms with van der Waals surface area (Å²) in [7, 11) is 1.37. The molecule has 0 spiro atoms. The lowest BCUT2D eigenvalue weighted by molar-refractivity contribution is -0.140. The lowest BCUT2D eigenvalue weighted by Gasteiger charge is -2.28. The van der Waals surface area contributed by atoms with Gasteiger partial charge in [0, 0.05) is 34.0 Å². The first-order valence-electron chi connectivity index (χ1n) is 11.8. The summed E-state index contributed by atoms with van der Waals surface area (Å²) in [4.78, 5) is 39.6. The molecule has 5 nitrogen and oxygen atoms in total. The second-order valence-corrected chi connectivity index (χ2v) is 9.90. The molecule has 0 saturated heterocycles. The first kappa shape index (κ1) is 22.0. The summed E-state index contributed by atoms with van der Waals surface area (Å²) >= 11 is 3.68.